The second kappa shape index (κ2) is 6.92. The third kappa shape index (κ3) is 3.81. The molecule has 0 aliphatic rings. The maximum atomic E-state index is 5.92. The van der Waals surface area contributed by atoms with E-state index in [0.29, 0.717) is 6.61 Å². The standard InChI is InChI=1S/C16H20N2O/c1-19-12-15-8-3-2-6-13(15)10-18-11-14-7-4-5-9-16(14)17/h2-9,18H,10-12,17H2,1H3. The van der Waals surface area contributed by atoms with E-state index < -0.39 is 0 Å². The van der Waals surface area contributed by atoms with Crippen molar-refractivity contribution in [3.63, 3.8) is 0 Å². The van der Waals surface area contributed by atoms with Gasteiger partial charge in [-0.25, -0.2) is 0 Å². The molecular weight excluding hydrogens is 236 g/mol. The largest absolute Gasteiger partial charge is 0.398 e. The highest BCUT2D eigenvalue weighted by atomic mass is 16.5. The van der Waals surface area contributed by atoms with Crippen LogP contribution in [0.3, 0.4) is 0 Å². The molecule has 0 radical (unpaired) electrons. The molecule has 0 aliphatic carbocycles. The summed E-state index contributed by atoms with van der Waals surface area (Å²) in [5.74, 6) is 0. The third-order valence-corrected chi connectivity index (χ3v) is 3.10. The van der Waals surface area contributed by atoms with Crippen LogP contribution in [0.25, 0.3) is 0 Å². The number of hydrogen-bond donors (Lipinski definition) is 2. The average Bonchev–Trinajstić information content (AvgIpc) is 2.43. The molecule has 3 N–H and O–H groups in total. The van der Waals surface area contributed by atoms with Crippen LogP contribution in [0.1, 0.15) is 16.7 Å². The number of ether oxygens (including phenoxy) is 1. The number of nitrogens with two attached hydrogens (primary N) is 1. The van der Waals surface area contributed by atoms with E-state index in [0.717, 1.165) is 24.3 Å². The van der Waals surface area contributed by atoms with E-state index in [1.165, 1.54) is 11.1 Å². The Hall–Kier alpha value is -1.84. The summed E-state index contributed by atoms with van der Waals surface area (Å²) in [7, 11) is 1.72. The van der Waals surface area contributed by atoms with Crippen LogP contribution in [0.4, 0.5) is 5.69 Å². The first-order chi connectivity index (χ1) is 9.31. The minimum atomic E-state index is 0.644. The fourth-order valence-corrected chi connectivity index (χ4v) is 2.05. The van der Waals surface area contributed by atoms with E-state index in [9.17, 15) is 0 Å². The van der Waals surface area contributed by atoms with Gasteiger partial charge in [-0.15, -0.1) is 0 Å². The first-order valence-electron chi connectivity index (χ1n) is 6.41. The molecule has 3 heteroatoms. The van der Waals surface area contributed by atoms with E-state index in [-0.39, 0.29) is 0 Å². The molecule has 3 nitrogen and oxygen atoms in total. The molecule has 0 spiro atoms. The van der Waals surface area contributed by atoms with Gasteiger partial charge in [-0.05, 0) is 22.8 Å². The minimum Gasteiger partial charge on any atom is -0.398 e. The number of nitrogens with one attached hydrogen (secondary N) is 1. The third-order valence-electron chi connectivity index (χ3n) is 3.10. The smallest absolute Gasteiger partial charge is 0.0716 e. The highest BCUT2D eigenvalue weighted by molar-refractivity contribution is 5.46. The molecule has 0 bridgehead atoms. The zero-order valence-electron chi connectivity index (χ0n) is 11.2. The maximum absolute atomic E-state index is 5.92. The normalized spacial score (nSPS) is 10.6. The van der Waals surface area contributed by atoms with Crippen molar-refractivity contribution in [2.75, 3.05) is 12.8 Å². The Balaban J connectivity index is 1.94. The molecule has 0 aromatic heterocycles. The molecule has 0 fully saturated rings. The Morgan fingerprint density at radius 2 is 1.47 bits per heavy atom. The fraction of sp³-hybridized carbons (Fsp3) is 0.250. The van der Waals surface area contributed by atoms with Gasteiger partial charge in [0.2, 0.25) is 0 Å². The first kappa shape index (κ1) is 13.6. The van der Waals surface area contributed by atoms with Crippen LogP contribution in [-0.4, -0.2) is 7.11 Å². The van der Waals surface area contributed by atoms with Gasteiger partial charge in [0.15, 0.2) is 0 Å². The van der Waals surface area contributed by atoms with Gasteiger partial charge in [0.25, 0.3) is 0 Å². The monoisotopic (exact) mass is 256 g/mol. The van der Waals surface area contributed by atoms with Gasteiger partial charge in [0, 0.05) is 25.9 Å². The van der Waals surface area contributed by atoms with Crippen molar-refractivity contribution in [1.82, 2.24) is 5.32 Å². The summed E-state index contributed by atoms with van der Waals surface area (Å²) in [6, 6.07) is 16.2. The number of anilines is 1. The lowest BCUT2D eigenvalue weighted by molar-refractivity contribution is 0.184. The van der Waals surface area contributed by atoms with Crippen molar-refractivity contribution in [3.05, 3.63) is 65.2 Å². The molecule has 19 heavy (non-hydrogen) atoms. The van der Waals surface area contributed by atoms with Crippen molar-refractivity contribution in [2.45, 2.75) is 19.7 Å². The van der Waals surface area contributed by atoms with Gasteiger partial charge in [-0.1, -0.05) is 42.5 Å². The van der Waals surface area contributed by atoms with Crippen LogP contribution in [-0.2, 0) is 24.4 Å². The molecule has 0 aliphatic heterocycles. The fourth-order valence-electron chi connectivity index (χ4n) is 2.05. The zero-order chi connectivity index (χ0) is 13.5. The van der Waals surface area contributed by atoms with Crippen molar-refractivity contribution in [2.24, 2.45) is 0 Å². The predicted molar refractivity (Wildman–Crippen MR) is 78.6 cm³/mol. The molecule has 0 saturated heterocycles. The quantitative estimate of drug-likeness (QED) is 0.781. The lowest BCUT2D eigenvalue weighted by Crippen LogP contribution is -2.15. The van der Waals surface area contributed by atoms with Crippen molar-refractivity contribution in [3.8, 4) is 0 Å². The minimum absolute atomic E-state index is 0.644. The summed E-state index contributed by atoms with van der Waals surface area (Å²) in [5, 5.41) is 3.42. The number of hydrogen-bond acceptors (Lipinski definition) is 3. The van der Waals surface area contributed by atoms with Gasteiger partial charge in [0.05, 0.1) is 6.61 Å². The van der Waals surface area contributed by atoms with Gasteiger partial charge in [0.1, 0.15) is 0 Å². The van der Waals surface area contributed by atoms with E-state index in [4.69, 9.17) is 10.5 Å². The van der Waals surface area contributed by atoms with Crippen LogP contribution < -0.4 is 11.1 Å². The van der Waals surface area contributed by atoms with Gasteiger partial charge in [-0.3, -0.25) is 0 Å². The van der Waals surface area contributed by atoms with Crippen LogP contribution >= 0.6 is 0 Å². The van der Waals surface area contributed by atoms with E-state index in [1.807, 2.05) is 36.4 Å². The Morgan fingerprint density at radius 3 is 2.16 bits per heavy atom. The number of para-hydroxylation sites is 1. The highest BCUT2D eigenvalue weighted by Crippen LogP contribution is 2.12. The van der Waals surface area contributed by atoms with Crippen LogP contribution in [0.2, 0.25) is 0 Å². The van der Waals surface area contributed by atoms with Gasteiger partial charge >= 0.3 is 0 Å². The highest BCUT2D eigenvalue weighted by Gasteiger charge is 2.02. The summed E-state index contributed by atoms with van der Waals surface area (Å²) in [6.45, 7) is 2.23. The molecule has 0 saturated carbocycles. The lowest BCUT2D eigenvalue weighted by Gasteiger charge is -2.11. The maximum Gasteiger partial charge on any atom is 0.0716 e. The first-order valence-corrected chi connectivity index (χ1v) is 6.41. The second-order valence-corrected chi connectivity index (χ2v) is 4.50. The zero-order valence-corrected chi connectivity index (χ0v) is 11.2. The number of nitrogen functional groups attached to an aromatic ring is 1. The molecule has 100 valence electrons. The van der Waals surface area contributed by atoms with Crippen molar-refractivity contribution in [1.29, 1.82) is 0 Å². The summed E-state index contributed by atoms with van der Waals surface area (Å²) < 4.78 is 5.20. The topological polar surface area (TPSA) is 47.3 Å². The number of benzene rings is 2. The number of rotatable bonds is 6. The summed E-state index contributed by atoms with van der Waals surface area (Å²) in [4.78, 5) is 0. The van der Waals surface area contributed by atoms with Crippen LogP contribution in [0.5, 0.6) is 0 Å². The van der Waals surface area contributed by atoms with E-state index >= 15 is 0 Å². The Bertz CT molecular complexity index is 526. The summed E-state index contributed by atoms with van der Waals surface area (Å²) >= 11 is 0. The Labute approximate surface area is 114 Å². The summed E-state index contributed by atoms with van der Waals surface area (Å²) in [6.07, 6.45) is 0. The van der Waals surface area contributed by atoms with Crippen LogP contribution in [0, 0.1) is 0 Å². The SMILES string of the molecule is COCc1ccccc1CNCc1ccccc1N. The number of methoxy groups -OCH3 is 1. The molecule has 2 aromatic rings. The van der Waals surface area contributed by atoms with Crippen molar-refractivity contribution >= 4 is 5.69 Å². The molecule has 2 aromatic carbocycles. The lowest BCUT2D eigenvalue weighted by atomic mass is 10.1. The molecular formula is C16H20N2O. The Morgan fingerprint density at radius 1 is 0.895 bits per heavy atom. The van der Waals surface area contributed by atoms with Gasteiger partial charge in [-0.2, -0.15) is 0 Å². The molecule has 0 unspecified atom stereocenters. The van der Waals surface area contributed by atoms with Crippen LogP contribution in [0.15, 0.2) is 48.5 Å². The van der Waals surface area contributed by atoms with E-state index in [1.54, 1.807) is 7.11 Å². The molecule has 0 amide bonds. The second-order valence-electron chi connectivity index (χ2n) is 4.50. The van der Waals surface area contributed by atoms with Gasteiger partial charge < -0.3 is 15.8 Å². The summed E-state index contributed by atoms with van der Waals surface area (Å²) in [5.41, 5.74) is 10.4. The van der Waals surface area contributed by atoms with Crippen molar-refractivity contribution < 1.29 is 4.74 Å². The Kier molecular flexibility index (Phi) is 4.95. The molecule has 0 atom stereocenters. The molecule has 0 heterocycles. The predicted octanol–water partition coefficient (Wildman–Crippen LogP) is 2.71. The average molecular weight is 256 g/mol. The molecule has 2 rings (SSSR count). The van der Waals surface area contributed by atoms with E-state index in [2.05, 4.69) is 17.4 Å².